The van der Waals surface area contributed by atoms with E-state index in [1.54, 1.807) is 0 Å². The van der Waals surface area contributed by atoms with E-state index >= 15 is 0 Å². The zero-order chi connectivity index (χ0) is 14.6. The summed E-state index contributed by atoms with van der Waals surface area (Å²) in [7, 11) is 0. The van der Waals surface area contributed by atoms with Crippen molar-refractivity contribution in [3.63, 3.8) is 0 Å². The van der Waals surface area contributed by atoms with E-state index in [1.165, 1.54) is 51.4 Å². The van der Waals surface area contributed by atoms with Crippen LogP contribution < -0.4 is 11.1 Å². The molecule has 0 aromatic heterocycles. The zero-order valence-corrected chi connectivity index (χ0v) is 13.4. The van der Waals surface area contributed by atoms with E-state index in [-0.39, 0.29) is 5.54 Å². The van der Waals surface area contributed by atoms with Crippen molar-refractivity contribution in [3.8, 4) is 0 Å². The van der Waals surface area contributed by atoms with Crippen LogP contribution in [0.25, 0.3) is 0 Å². The quantitative estimate of drug-likeness (QED) is 0.702. The summed E-state index contributed by atoms with van der Waals surface area (Å²) < 4.78 is 0. The molecule has 4 unspecified atom stereocenters. The first-order chi connectivity index (χ1) is 9.58. The minimum absolute atomic E-state index is 0.139. The summed E-state index contributed by atoms with van der Waals surface area (Å²) in [6.07, 6.45) is 10.1. The third-order valence-electron chi connectivity index (χ3n) is 5.53. The van der Waals surface area contributed by atoms with Crippen LogP contribution in [-0.4, -0.2) is 29.8 Å². The molecule has 0 aliphatic heterocycles. The molecule has 0 bridgehead atoms. The van der Waals surface area contributed by atoms with Gasteiger partial charge in [-0.3, -0.25) is 0 Å². The van der Waals surface area contributed by atoms with Gasteiger partial charge in [0.25, 0.3) is 0 Å². The second-order valence-corrected chi connectivity index (χ2v) is 7.70. The molecule has 0 saturated heterocycles. The van der Waals surface area contributed by atoms with Gasteiger partial charge in [0, 0.05) is 24.7 Å². The van der Waals surface area contributed by atoms with Gasteiger partial charge < -0.3 is 16.2 Å². The lowest BCUT2D eigenvalue weighted by Gasteiger charge is -2.44. The van der Waals surface area contributed by atoms with Crippen LogP contribution >= 0.6 is 0 Å². The van der Waals surface area contributed by atoms with Crippen molar-refractivity contribution in [2.24, 2.45) is 23.5 Å². The van der Waals surface area contributed by atoms with E-state index in [9.17, 15) is 5.11 Å². The third-order valence-corrected chi connectivity index (χ3v) is 5.53. The molecule has 3 heteroatoms. The fraction of sp³-hybridized carbons (Fsp3) is 1.00. The number of aliphatic hydroxyl groups is 1. The molecule has 0 spiro atoms. The SMILES string of the molecule is CC(C)CC1CCCC(CN)(NC2CCCC2CO)C1. The molecule has 0 heterocycles. The predicted octanol–water partition coefficient (Wildman–Crippen LogP) is 2.67. The van der Waals surface area contributed by atoms with Crippen molar-refractivity contribution >= 4 is 0 Å². The highest BCUT2D eigenvalue weighted by atomic mass is 16.3. The molecule has 0 radical (unpaired) electrons. The van der Waals surface area contributed by atoms with Crippen molar-refractivity contribution in [2.45, 2.75) is 76.8 Å². The van der Waals surface area contributed by atoms with E-state index in [1.807, 2.05) is 0 Å². The summed E-state index contributed by atoms with van der Waals surface area (Å²) in [6.45, 7) is 5.72. The van der Waals surface area contributed by atoms with Gasteiger partial charge in [0.15, 0.2) is 0 Å². The van der Waals surface area contributed by atoms with Gasteiger partial charge >= 0.3 is 0 Å². The summed E-state index contributed by atoms with van der Waals surface area (Å²) in [5.74, 6) is 2.06. The summed E-state index contributed by atoms with van der Waals surface area (Å²) in [5, 5.41) is 13.4. The topological polar surface area (TPSA) is 58.3 Å². The van der Waals surface area contributed by atoms with Crippen LogP contribution in [0, 0.1) is 17.8 Å². The Morgan fingerprint density at radius 3 is 2.70 bits per heavy atom. The highest BCUT2D eigenvalue weighted by Gasteiger charge is 2.39. The second kappa shape index (κ2) is 7.24. The standard InChI is InChI=1S/C17H34N2O/c1-13(2)9-14-5-4-8-17(10-14,12-18)19-16-7-3-6-15(16)11-20/h13-16,19-20H,3-12,18H2,1-2H3. The minimum Gasteiger partial charge on any atom is -0.396 e. The van der Waals surface area contributed by atoms with Crippen molar-refractivity contribution in [2.75, 3.05) is 13.2 Å². The molecule has 2 saturated carbocycles. The largest absolute Gasteiger partial charge is 0.396 e. The van der Waals surface area contributed by atoms with Crippen LogP contribution in [0.3, 0.4) is 0 Å². The first-order valence-electron chi connectivity index (χ1n) is 8.67. The average molecular weight is 282 g/mol. The Kier molecular flexibility index (Phi) is 5.88. The van der Waals surface area contributed by atoms with E-state index in [2.05, 4.69) is 19.2 Å². The normalized spacial score (nSPS) is 38.5. The van der Waals surface area contributed by atoms with Crippen molar-refractivity contribution in [1.82, 2.24) is 5.32 Å². The van der Waals surface area contributed by atoms with Gasteiger partial charge in [0.2, 0.25) is 0 Å². The summed E-state index contributed by atoms with van der Waals surface area (Å²) >= 11 is 0. The Hall–Kier alpha value is -0.120. The molecular formula is C17H34N2O. The molecule has 20 heavy (non-hydrogen) atoms. The van der Waals surface area contributed by atoms with E-state index in [4.69, 9.17) is 5.73 Å². The fourth-order valence-corrected chi connectivity index (χ4v) is 4.57. The molecule has 3 nitrogen and oxygen atoms in total. The van der Waals surface area contributed by atoms with Crippen LogP contribution in [0.2, 0.25) is 0 Å². The van der Waals surface area contributed by atoms with Crippen molar-refractivity contribution < 1.29 is 5.11 Å². The number of rotatable bonds is 6. The smallest absolute Gasteiger partial charge is 0.0474 e. The number of hydrogen-bond donors (Lipinski definition) is 3. The first-order valence-corrected chi connectivity index (χ1v) is 8.67. The van der Waals surface area contributed by atoms with Crippen molar-refractivity contribution in [1.29, 1.82) is 0 Å². The van der Waals surface area contributed by atoms with Gasteiger partial charge in [-0.2, -0.15) is 0 Å². The molecule has 4 atom stereocenters. The molecule has 0 aromatic rings. The summed E-state index contributed by atoms with van der Waals surface area (Å²) in [6, 6.07) is 0.487. The molecular weight excluding hydrogens is 248 g/mol. The first kappa shape index (κ1) is 16.3. The highest BCUT2D eigenvalue weighted by molar-refractivity contribution is 4.99. The Labute approximate surface area is 124 Å². The molecule has 2 aliphatic carbocycles. The summed E-state index contributed by atoms with van der Waals surface area (Å²) in [4.78, 5) is 0. The maximum atomic E-state index is 9.52. The molecule has 0 amide bonds. The molecule has 2 fully saturated rings. The lowest BCUT2D eigenvalue weighted by atomic mass is 9.72. The minimum atomic E-state index is 0.139. The molecule has 2 aliphatic rings. The average Bonchev–Trinajstić information content (AvgIpc) is 2.85. The number of hydrogen-bond acceptors (Lipinski definition) is 3. The van der Waals surface area contributed by atoms with Crippen molar-refractivity contribution in [3.05, 3.63) is 0 Å². The summed E-state index contributed by atoms with van der Waals surface area (Å²) in [5.41, 5.74) is 6.31. The molecule has 4 N–H and O–H groups in total. The number of nitrogens with one attached hydrogen (secondary N) is 1. The number of nitrogens with two attached hydrogens (primary N) is 1. The molecule has 118 valence electrons. The van der Waals surface area contributed by atoms with E-state index < -0.39 is 0 Å². The van der Waals surface area contributed by atoms with Crippen LogP contribution in [0.5, 0.6) is 0 Å². The zero-order valence-electron chi connectivity index (χ0n) is 13.4. The lowest BCUT2D eigenvalue weighted by molar-refractivity contribution is 0.127. The van der Waals surface area contributed by atoms with Crippen LogP contribution in [-0.2, 0) is 0 Å². The van der Waals surface area contributed by atoms with Crippen LogP contribution in [0.15, 0.2) is 0 Å². The Morgan fingerprint density at radius 1 is 1.25 bits per heavy atom. The van der Waals surface area contributed by atoms with Gasteiger partial charge in [-0.25, -0.2) is 0 Å². The van der Waals surface area contributed by atoms with E-state index in [0.29, 0.717) is 18.6 Å². The Morgan fingerprint density at radius 2 is 2.05 bits per heavy atom. The van der Waals surface area contributed by atoms with Gasteiger partial charge in [0.1, 0.15) is 0 Å². The predicted molar refractivity (Wildman–Crippen MR) is 84.5 cm³/mol. The van der Waals surface area contributed by atoms with Gasteiger partial charge in [0.05, 0.1) is 0 Å². The molecule has 0 aromatic carbocycles. The Balaban J connectivity index is 1.97. The second-order valence-electron chi connectivity index (χ2n) is 7.70. The Bertz CT molecular complexity index is 295. The maximum Gasteiger partial charge on any atom is 0.0474 e. The van der Waals surface area contributed by atoms with Gasteiger partial charge in [-0.05, 0) is 49.9 Å². The molecule has 2 rings (SSSR count). The van der Waals surface area contributed by atoms with Crippen LogP contribution in [0.4, 0.5) is 0 Å². The van der Waals surface area contributed by atoms with Crippen LogP contribution in [0.1, 0.15) is 65.2 Å². The monoisotopic (exact) mass is 282 g/mol. The van der Waals surface area contributed by atoms with Gasteiger partial charge in [-0.15, -0.1) is 0 Å². The number of aliphatic hydroxyl groups excluding tert-OH is 1. The fourth-order valence-electron chi connectivity index (χ4n) is 4.57. The third kappa shape index (κ3) is 3.96. The lowest BCUT2D eigenvalue weighted by Crippen LogP contribution is -2.58. The van der Waals surface area contributed by atoms with Gasteiger partial charge in [-0.1, -0.05) is 33.1 Å². The highest BCUT2D eigenvalue weighted by Crippen LogP contribution is 2.37. The maximum absolute atomic E-state index is 9.52. The van der Waals surface area contributed by atoms with E-state index in [0.717, 1.165) is 18.4 Å².